The summed E-state index contributed by atoms with van der Waals surface area (Å²) in [7, 11) is 0. The number of nitrogens with two attached hydrogens (primary N) is 2. The number of aromatic nitrogens is 2. The first-order valence-corrected chi connectivity index (χ1v) is 11.9. The molecule has 1 aromatic heterocycles. The van der Waals surface area contributed by atoms with Crippen LogP contribution in [0.1, 0.15) is 50.6 Å². The number of carbonyl (C=O) groups is 6. The number of carboxylic acids is 3. The molecule has 0 aliphatic carbocycles. The van der Waals surface area contributed by atoms with E-state index in [9.17, 15) is 33.9 Å². The molecule has 16 nitrogen and oxygen atoms in total. The van der Waals surface area contributed by atoms with E-state index in [2.05, 4.69) is 25.9 Å². The average Bonchev–Trinajstić information content (AvgIpc) is 3.36. The number of nitrogens with one attached hydrogen (secondary N) is 4. The summed E-state index contributed by atoms with van der Waals surface area (Å²) in [6.07, 6.45) is 2.20. The zero-order chi connectivity index (χ0) is 28.7. The molecule has 1 aromatic rings. The van der Waals surface area contributed by atoms with Crippen molar-refractivity contribution in [1.82, 2.24) is 25.9 Å². The summed E-state index contributed by atoms with van der Waals surface area (Å²) in [6, 6.07) is -5.26. The third-order valence-electron chi connectivity index (χ3n) is 5.46. The van der Waals surface area contributed by atoms with Crippen LogP contribution in [0.2, 0.25) is 0 Å². The lowest BCUT2D eigenvalue weighted by molar-refractivity contribution is -0.143. The summed E-state index contributed by atoms with van der Waals surface area (Å²) in [5.41, 5.74) is 11.6. The van der Waals surface area contributed by atoms with Gasteiger partial charge in [-0.15, -0.1) is 0 Å². The number of nitrogens with zero attached hydrogens (tertiary/aromatic N) is 1. The summed E-state index contributed by atoms with van der Waals surface area (Å²) in [5.74, 6) is -6.32. The van der Waals surface area contributed by atoms with Gasteiger partial charge in [-0.1, -0.05) is 0 Å². The molecule has 0 spiro atoms. The molecule has 4 unspecified atom stereocenters. The van der Waals surface area contributed by atoms with Crippen LogP contribution in [0.25, 0.3) is 0 Å². The standard InChI is InChI=1S/C22H35N7O9/c23-8-2-1-3-15(22(37)38)28-20(35)14(5-7-18(32)33)27-21(36)16(9-12-10-25-11-26-12)29-19(34)13(24)4-6-17(30)31/h10-11,13-16H,1-9,23-24H2,(H,25,26)(H,27,36)(H,28,35)(H,29,34)(H,30,31)(H,32,33)(H,37,38). The summed E-state index contributed by atoms with van der Waals surface area (Å²) in [5, 5.41) is 34.4. The van der Waals surface area contributed by atoms with Gasteiger partial charge < -0.3 is 47.7 Å². The SMILES string of the molecule is NCCCCC(NC(=O)C(CCC(=O)O)NC(=O)C(Cc1cnc[nH]1)NC(=O)C(N)CCC(=O)O)C(=O)O. The van der Waals surface area contributed by atoms with E-state index in [0.29, 0.717) is 25.1 Å². The molecule has 38 heavy (non-hydrogen) atoms. The highest BCUT2D eigenvalue weighted by Gasteiger charge is 2.31. The van der Waals surface area contributed by atoms with E-state index >= 15 is 0 Å². The second-order valence-corrected chi connectivity index (χ2v) is 8.56. The number of hydrogen-bond acceptors (Lipinski definition) is 9. The second kappa shape index (κ2) is 16.6. The van der Waals surface area contributed by atoms with Gasteiger partial charge in [0.2, 0.25) is 17.7 Å². The van der Waals surface area contributed by atoms with Crippen molar-refractivity contribution in [2.24, 2.45) is 11.5 Å². The molecule has 212 valence electrons. The van der Waals surface area contributed by atoms with E-state index in [1.165, 1.54) is 12.5 Å². The van der Waals surface area contributed by atoms with Gasteiger partial charge >= 0.3 is 17.9 Å². The topological polar surface area (TPSA) is 280 Å². The molecule has 4 atom stereocenters. The first-order valence-electron chi connectivity index (χ1n) is 11.9. The number of carbonyl (C=O) groups excluding carboxylic acids is 3. The Balaban J connectivity index is 3.04. The zero-order valence-corrected chi connectivity index (χ0v) is 20.7. The maximum absolute atomic E-state index is 13.1. The van der Waals surface area contributed by atoms with Crippen molar-refractivity contribution in [3.8, 4) is 0 Å². The Hall–Kier alpha value is -4.05. The normalized spacial score (nSPS) is 13.9. The van der Waals surface area contributed by atoms with Crippen LogP contribution in [-0.4, -0.2) is 91.6 Å². The van der Waals surface area contributed by atoms with Gasteiger partial charge in [0, 0.05) is 31.2 Å². The number of aliphatic carboxylic acids is 3. The van der Waals surface area contributed by atoms with Crippen molar-refractivity contribution >= 4 is 35.6 Å². The minimum Gasteiger partial charge on any atom is -0.481 e. The van der Waals surface area contributed by atoms with E-state index in [-0.39, 0.29) is 32.1 Å². The van der Waals surface area contributed by atoms with Gasteiger partial charge in [0.1, 0.15) is 18.1 Å². The zero-order valence-electron chi connectivity index (χ0n) is 20.7. The minimum absolute atomic E-state index is 0.0740. The Bertz CT molecular complexity index is 955. The van der Waals surface area contributed by atoms with Crippen LogP contribution >= 0.6 is 0 Å². The first kappa shape index (κ1) is 32.0. The Labute approximate surface area is 217 Å². The number of rotatable bonds is 19. The van der Waals surface area contributed by atoms with Gasteiger partial charge in [0.25, 0.3) is 0 Å². The van der Waals surface area contributed by atoms with Gasteiger partial charge in [-0.05, 0) is 38.6 Å². The maximum Gasteiger partial charge on any atom is 0.326 e. The number of H-pyrrole nitrogens is 1. The molecule has 1 rings (SSSR count). The molecule has 0 aromatic carbocycles. The molecular formula is C22H35N7O9. The summed E-state index contributed by atoms with van der Waals surface area (Å²) in [4.78, 5) is 78.6. The van der Waals surface area contributed by atoms with Crippen LogP contribution in [0.4, 0.5) is 0 Å². The highest BCUT2D eigenvalue weighted by Crippen LogP contribution is 2.07. The van der Waals surface area contributed by atoms with Gasteiger partial charge in [-0.2, -0.15) is 0 Å². The largest absolute Gasteiger partial charge is 0.481 e. The Morgan fingerprint density at radius 3 is 1.95 bits per heavy atom. The van der Waals surface area contributed by atoms with Crippen LogP contribution in [0.5, 0.6) is 0 Å². The van der Waals surface area contributed by atoms with E-state index in [4.69, 9.17) is 21.7 Å². The number of aromatic amines is 1. The smallest absolute Gasteiger partial charge is 0.326 e. The average molecular weight is 542 g/mol. The van der Waals surface area contributed by atoms with E-state index < -0.39 is 66.2 Å². The third-order valence-corrected chi connectivity index (χ3v) is 5.46. The Morgan fingerprint density at radius 2 is 1.39 bits per heavy atom. The molecular weight excluding hydrogens is 506 g/mol. The van der Waals surface area contributed by atoms with Crippen molar-refractivity contribution in [2.45, 2.75) is 75.5 Å². The molecule has 0 aliphatic heterocycles. The van der Waals surface area contributed by atoms with Gasteiger partial charge in [0.15, 0.2) is 0 Å². The lowest BCUT2D eigenvalue weighted by Gasteiger charge is -2.25. The Morgan fingerprint density at radius 1 is 0.816 bits per heavy atom. The van der Waals surface area contributed by atoms with E-state index in [1.54, 1.807) is 0 Å². The molecule has 0 saturated carbocycles. The lowest BCUT2D eigenvalue weighted by Crippen LogP contribution is -2.57. The molecule has 0 radical (unpaired) electrons. The quantitative estimate of drug-likeness (QED) is 0.0834. The van der Waals surface area contributed by atoms with Crippen molar-refractivity contribution in [3.63, 3.8) is 0 Å². The fourth-order valence-corrected chi connectivity index (χ4v) is 3.35. The number of amides is 3. The molecule has 3 amide bonds. The van der Waals surface area contributed by atoms with Gasteiger partial charge in [-0.25, -0.2) is 9.78 Å². The third kappa shape index (κ3) is 12.3. The summed E-state index contributed by atoms with van der Waals surface area (Å²) < 4.78 is 0. The van der Waals surface area contributed by atoms with Gasteiger partial charge in [-0.3, -0.25) is 24.0 Å². The predicted molar refractivity (Wildman–Crippen MR) is 130 cm³/mol. The number of unbranched alkanes of at least 4 members (excludes halogenated alkanes) is 1. The molecule has 0 aliphatic rings. The van der Waals surface area contributed by atoms with Crippen molar-refractivity contribution < 1.29 is 44.1 Å². The fourth-order valence-electron chi connectivity index (χ4n) is 3.35. The van der Waals surface area contributed by atoms with Crippen LogP contribution < -0.4 is 27.4 Å². The fraction of sp³-hybridized carbons (Fsp3) is 0.591. The number of hydrogen-bond donors (Lipinski definition) is 9. The van der Waals surface area contributed by atoms with Crippen LogP contribution in [0.3, 0.4) is 0 Å². The highest BCUT2D eigenvalue weighted by molar-refractivity contribution is 5.94. The minimum atomic E-state index is -1.43. The molecule has 11 N–H and O–H groups in total. The number of imidazole rings is 1. The number of carboxylic acid groups (broad SMARTS) is 3. The van der Waals surface area contributed by atoms with Crippen molar-refractivity contribution in [1.29, 1.82) is 0 Å². The second-order valence-electron chi connectivity index (χ2n) is 8.56. The molecule has 0 fully saturated rings. The summed E-state index contributed by atoms with van der Waals surface area (Å²) >= 11 is 0. The first-order chi connectivity index (χ1) is 17.9. The molecule has 16 heteroatoms. The maximum atomic E-state index is 13.1. The highest BCUT2D eigenvalue weighted by atomic mass is 16.4. The van der Waals surface area contributed by atoms with Crippen LogP contribution in [0.15, 0.2) is 12.5 Å². The van der Waals surface area contributed by atoms with Crippen molar-refractivity contribution in [2.75, 3.05) is 6.54 Å². The molecule has 0 bridgehead atoms. The van der Waals surface area contributed by atoms with Crippen LogP contribution in [0, 0.1) is 0 Å². The lowest BCUT2D eigenvalue weighted by atomic mass is 10.0. The van der Waals surface area contributed by atoms with Crippen molar-refractivity contribution in [3.05, 3.63) is 18.2 Å². The van der Waals surface area contributed by atoms with Crippen LogP contribution in [-0.2, 0) is 35.2 Å². The molecule has 1 heterocycles. The van der Waals surface area contributed by atoms with E-state index in [1.807, 2.05) is 0 Å². The molecule has 0 saturated heterocycles. The van der Waals surface area contributed by atoms with E-state index in [0.717, 1.165) is 0 Å². The predicted octanol–water partition coefficient (Wildman–Crippen LogP) is -2.32. The van der Waals surface area contributed by atoms with Gasteiger partial charge in [0.05, 0.1) is 12.4 Å². The Kier molecular flexibility index (Phi) is 14.0. The summed E-state index contributed by atoms with van der Waals surface area (Å²) in [6.45, 7) is 0.334. The monoisotopic (exact) mass is 541 g/mol.